The van der Waals surface area contributed by atoms with Crippen LogP contribution in [0.4, 0.5) is 0 Å². The number of rotatable bonds is 7. The quantitative estimate of drug-likeness (QED) is 0.425. The second-order valence-corrected chi connectivity index (χ2v) is 7.33. The molecule has 7 heteroatoms. The fraction of sp³-hybridized carbons (Fsp3) is 0.318. The lowest BCUT2D eigenvalue weighted by atomic mass is 9.86. The number of ketones is 1. The van der Waals surface area contributed by atoms with Gasteiger partial charge in [-0.1, -0.05) is 57.2 Å². The number of nitrogens with one attached hydrogen (secondary N) is 2. The van der Waals surface area contributed by atoms with Gasteiger partial charge in [-0.2, -0.15) is 0 Å². The predicted molar refractivity (Wildman–Crippen MR) is 109 cm³/mol. The molecule has 0 spiro atoms. The first-order chi connectivity index (χ1) is 13.7. The molecule has 154 valence electrons. The Bertz CT molecular complexity index is 870. The van der Waals surface area contributed by atoms with Gasteiger partial charge in [0.15, 0.2) is 18.1 Å². The zero-order valence-electron chi connectivity index (χ0n) is 17.1. The first-order valence-corrected chi connectivity index (χ1v) is 9.31. The van der Waals surface area contributed by atoms with Crippen molar-refractivity contribution < 1.29 is 23.9 Å². The van der Waals surface area contributed by atoms with E-state index in [-0.39, 0.29) is 17.6 Å². The Morgan fingerprint density at radius 3 is 2.00 bits per heavy atom. The molecule has 29 heavy (non-hydrogen) atoms. The molecule has 0 aliphatic heterocycles. The lowest BCUT2D eigenvalue weighted by Gasteiger charge is -2.18. The SMILES string of the molecule is CCOc1ccccc1OCC(=O)NNC(=O)C(=O)c1ccc(C(C)(C)C)cc1. The number of amides is 2. The van der Waals surface area contributed by atoms with E-state index in [2.05, 4.69) is 31.6 Å². The maximum atomic E-state index is 12.2. The van der Waals surface area contributed by atoms with Crippen LogP contribution in [0, 0.1) is 0 Å². The predicted octanol–water partition coefficient (Wildman–Crippen LogP) is 2.79. The molecular weight excluding hydrogens is 372 g/mol. The summed E-state index contributed by atoms with van der Waals surface area (Å²) in [5, 5.41) is 0. The molecule has 0 atom stereocenters. The number of hydrogen-bond donors (Lipinski definition) is 2. The highest BCUT2D eigenvalue weighted by Gasteiger charge is 2.19. The summed E-state index contributed by atoms with van der Waals surface area (Å²) in [6.07, 6.45) is 0. The van der Waals surface area contributed by atoms with Gasteiger partial charge in [0.05, 0.1) is 6.61 Å². The minimum atomic E-state index is -0.934. The van der Waals surface area contributed by atoms with Crippen LogP contribution in [0.25, 0.3) is 0 Å². The van der Waals surface area contributed by atoms with Crippen molar-refractivity contribution in [2.45, 2.75) is 33.1 Å². The summed E-state index contributed by atoms with van der Waals surface area (Å²) in [6, 6.07) is 13.7. The van der Waals surface area contributed by atoms with E-state index >= 15 is 0 Å². The highest BCUT2D eigenvalue weighted by Crippen LogP contribution is 2.26. The lowest BCUT2D eigenvalue weighted by molar-refractivity contribution is -0.128. The molecule has 2 aromatic rings. The number of hydrogen-bond acceptors (Lipinski definition) is 5. The smallest absolute Gasteiger partial charge is 0.310 e. The summed E-state index contributed by atoms with van der Waals surface area (Å²) in [5.74, 6) is -1.36. The molecule has 0 saturated heterocycles. The molecule has 0 aromatic heterocycles. The Morgan fingerprint density at radius 2 is 1.45 bits per heavy atom. The van der Waals surface area contributed by atoms with E-state index in [0.717, 1.165) is 5.56 Å². The second kappa shape index (κ2) is 9.73. The van der Waals surface area contributed by atoms with E-state index in [9.17, 15) is 14.4 Å². The van der Waals surface area contributed by atoms with Crippen molar-refractivity contribution in [1.82, 2.24) is 10.9 Å². The summed E-state index contributed by atoms with van der Waals surface area (Å²) in [6.45, 7) is 8.12. The van der Waals surface area contributed by atoms with Gasteiger partial charge in [-0.25, -0.2) is 0 Å². The molecule has 0 aliphatic rings. The summed E-state index contributed by atoms with van der Waals surface area (Å²) in [5.41, 5.74) is 5.50. The van der Waals surface area contributed by atoms with E-state index in [0.29, 0.717) is 18.1 Å². The Hall–Kier alpha value is -3.35. The van der Waals surface area contributed by atoms with E-state index in [1.54, 1.807) is 36.4 Å². The van der Waals surface area contributed by atoms with Gasteiger partial charge in [0.25, 0.3) is 11.7 Å². The minimum absolute atomic E-state index is 0.0569. The number of carbonyl (C=O) groups excluding carboxylic acids is 3. The second-order valence-electron chi connectivity index (χ2n) is 7.33. The average Bonchev–Trinajstić information content (AvgIpc) is 2.70. The van der Waals surface area contributed by atoms with Crippen LogP contribution < -0.4 is 20.3 Å². The number of para-hydroxylation sites is 2. The van der Waals surface area contributed by atoms with Crippen LogP contribution in [0.1, 0.15) is 43.6 Å². The third-order valence-corrected chi connectivity index (χ3v) is 4.04. The average molecular weight is 398 g/mol. The molecule has 0 bridgehead atoms. The fourth-order valence-electron chi connectivity index (χ4n) is 2.46. The first kappa shape index (κ1) is 21.9. The molecule has 0 aliphatic carbocycles. The van der Waals surface area contributed by atoms with Crippen LogP contribution in [-0.2, 0) is 15.0 Å². The highest BCUT2D eigenvalue weighted by atomic mass is 16.5. The minimum Gasteiger partial charge on any atom is -0.490 e. The van der Waals surface area contributed by atoms with Gasteiger partial charge in [-0.15, -0.1) is 0 Å². The number of benzene rings is 2. The molecule has 2 amide bonds. The summed E-state index contributed by atoms with van der Waals surface area (Å²) in [4.78, 5) is 36.1. The van der Waals surface area contributed by atoms with Crippen molar-refractivity contribution >= 4 is 17.6 Å². The number of carbonyl (C=O) groups is 3. The molecule has 2 N–H and O–H groups in total. The standard InChI is InChI=1S/C22H26N2O5/c1-5-28-17-8-6-7-9-18(17)29-14-19(25)23-24-21(27)20(26)15-10-12-16(13-11-15)22(2,3)4/h6-13H,5,14H2,1-4H3,(H,23,25)(H,24,27). The molecule has 0 saturated carbocycles. The van der Waals surface area contributed by atoms with Crippen molar-refractivity contribution in [1.29, 1.82) is 0 Å². The van der Waals surface area contributed by atoms with Gasteiger partial charge in [-0.3, -0.25) is 25.2 Å². The zero-order valence-corrected chi connectivity index (χ0v) is 17.1. The molecule has 0 heterocycles. The Kier molecular flexibility index (Phi) is 7.36. The van der Waals surface area contributed by atoms with Crippen LogP contribution in [-0.4, -0.2) is 30.8 Å². The van der Waals surface area contributed by atoms with Crippen LogP contribution in [0.15, 0.2) is 48.5 Å². The number of hydrazine groups is 1. The van der Waals surface area contributed by atoms with Gasteiger partial charge in [-0.05, 0) is 30.0 Å². The summed E-state index contributed by atoms with van der Waals surface area (Å²) in [7, 11) is 0. The molecule has 2 rings (SSSR count). The van der Waals surface area contributed by atoms with E-state index < -0.39 is 17.6 Å². The topological polar surface area (TPSA) is 93.7 Å². The highest BCUT2D eigenvalue weighted by molar-refractivity contribution is 6.42. The van der Waals surface area contributed by atoms with Crippen LogP contribution in [0.3, 0.4) is 0 Å². The van der Waals surface area contributed by atoms with E-state index in [1.165, 1.54) is 0 Å². The van der Waals surface area contributed by atoms with Crippen LogP contribution in [0.5, 0.6) is 11.5 Å². The Morgan fingerprint density at radius 1 is 0.862 bits per heavy atom. The normalized spacial score (nSPS) is 10.8. The van der Waals surface area contributed by atoms with E-state index in [4.69, 9.17) is 9.47 Å². The van der Waals surface area contributed by atoms with Gasteiger partial charge in [0.1, 0.15) is 0 Å². The van der Waals surface area contributed by atoms with E-state index in [1.807, 2.05) is 19.1 Å². The summed E-state index contributed by atoms with van der Waals surface area (Å²) < 4.78 is 10.8. The molecule has 0 fully saturated rings. The van der Waals surface area contributed by atoms with Crippen molar-refractivity contribution in [2.75, 3.05) is 13.2 Å². The summed E-state index contributed by atoms with van der Waals surface area (Å²) >= 11 is 0. The van der Waals surface area contributed by atoms with Crippen LogP contribution >= 0.6 is 0 Å². The Balaban J connectivity index is 1.85. The third kappa shape index (κ3) is 6.34. The largest absolute Gasteiger partial charge is 0.490 e. The number of Topliss-reactive ketones (excluding diaryl/α,β-unsaturated/α-hetero) is 1. The number of ether oxygens (including phenoxy) is 2. The van der Waals surface area contributed by atoms with Gasteiger partial charge in [0.2, 0.25) is 0 Å². The van der Waals surface area contributed by atoms with Crippen LogP contribution in [0.2, 0.25) is 0 Å². The van der Waals surface area contributed by atoms with Gasteiger partial charge >= 0.3 is 5.91 Å². The van der Waals surface area contributed by atoms with Gasteiger partial charge in [0, 0.05) is 5.56 Å². The molecule has 0 unspecified atom stereocenters. The zero-order chi connectivity index (χ0) is 21.4. The van der Waals surface area contributed by atoms with Crippen molar-refractivity contribution in [3.8, 4) is 11.5 Å². The van der Waals surface area contributed by atoms with Crippen molar-refractivity contribution in [3.63, 3.8) is 0 Å². The lowest BCUT2D eigenvalue weighted by Crippen LogP contribution is -2.46. The fourth-order valence-corrected chi connectivity index (χ4v) is 2.46. The molecule has 0 radical (unpaired) electrons. The maximum absolute atomic E-state index is 12.2. The Labute approximate surface area is 170 Å². The monoisotopic (exact) mass is 398 g/mol. The van der Waals surface area contributed by atoms with Gasteiger partial charge < -0.3 is 9.47 Å². The van der Waals surface area contributed by atoms with Crippen molar-refractivity contribution in [3.05, 3.63) is 59.7 Å². The molecule has 7 nitrogen and oxygen atoms in total. The third-order valence-electron chi connectivity index (χ3n) is 4.04. The first-order valence-electron chi connectivity index (χ1n) is 9.31. The maximum Gasteiger partial charge on any atom is 0.310 e. The van der Waals surface area contributed by atoms with Crippen molar-refractivity contribution in [2.24, 2.45) is 0 Å². The molecular formula is C22H26N2O5. The molecule has 2 aromatic carbocycles.